The van der Waals surface area contributed by atoms with E-state index < -0.39 is 18.2 Å². The number of ketones is 1. The van der Waals surface area contributed by atoms with Crippen molar-refractivity contribution in [1.82, 2.24) is 0 Å². The lowest BCUT2D eigenvalue weighted by Crippen LogP contribution is -2.19. The van der Waals surface area contributed by atoms with Crippen LogP contribution in [0.4, 0.5) is 0 Å². The van der Waals surface area contributed by atoms with Crippen LogP contribution in [0.25, 0.3) is 0 Å². The highest BCUT2D eigenvalue weighted by molar-refractivity contribution is 5.84. The van der Waals surface area contributed by atoms with E-state index in [-0.39, 0.29) is 30.5 Å². The van der Waals surface area contributed by atoms with Crippen molar-refractivity contribution in [1.29, 1.82) is 0 Å². The van der Waals surface area contributed by atoms with Gasteiger partial charge in [-0.25, -0.2) is 0 Å². The quantitative estimate of drug-likeness (QED) is 0.398. The van der Waals surface area contributed by atoms with E-state index in [1.54, 1.807) is 6.08 Å². The van der Waals surface area contributed by atoms with Crippen molar-refractivity contribution in [3.05, 3.63) is 24.3 Å². The molecule has 5 nitrogen and oxygen atoms in total. The smallest absolute Gasteiger partial charge is 0.303 e. The van der Waals surface area contributed by atoms with E-state index in [1.165, 1.54) is 32.1 Å². The summed E-state index contributed by atoms with van der Waals surface area (Å²) in [6.07, 6.45) is 15.3. The minimum atomic E-state index is -0.797. The lowest BCUT2D eigenvalue weighted by Gasteiger charge is -2.23. The number of allylic oxidation sites excluding steroid dienone is 2. The summed E-state index contributed by atoms with van der Waals surface area (Å²) in [6, 6.07) is 0. The second kappa shape index (κ2) is 11.4. The molecule has 2 unspecified atom stereocenters. The Labute approximate surface area is 162 Å². The number of hydrogen-bond acceptors (Lipinski definition) is 4. The van der Waals surface area contributed by atoms with Crippen molar-refractivity contribution >= 4 is 11.8 Å². The number of unbranched alkanes of at least 4 members (excludes halogenated alkanes) is 1. The highest BCUT2D eigenvalue weighted by Crippen LogP contribution is 2.34. The van der Waals surface area contributed by atoms with Gasteiger partial charge in [0.2, 0.25) is 0 Å². The molecule has 2 saturated carbocycles. The topological polar surface area (TPSA) is 94.8 Å². The number of carbonyl (C=O) groups is 2. The van der Waals surface area contributed by atoms with Crippen LogP contribution in [0, 0.1) is 17.8 Å². The van der Waals surface area contributed by atoms with Gasteiger partial charge in [0.05, 0.1) is 12.2 Å². The van der Waals surface area contributed by atoms with Gasteiger partial charge in [-0.3, -0.25) is 9.59 Å². The Bertz CT molecular complexity index is 533. The zero-order valence-corrected chi connectivity index (χ0v) is 16.1. The molecule has 0 spiro atoms. The summed E-state index contributed by atoms with van der Waals surface area (Å²) in [6.45, 7) is 0. The summed E-state index contributed by atoms with van der Waals surface area (Å²) in [4.78, 5) is 22.7. The predicted octanol–water partition coefficient (Wildman–Crippen LogP) is 3.64. The van der Waals surface area contributed by atoms with Crippen LogP contribution in [0.1, 0.15) is 70.6 Å². The average molecular weight is 379 g/mol. The molecule has 3 N–H and O–H groups in total. The van der Waals surface area contributed by atoms with E-state index in [2.05, 4.69) is 0 Å². The number of carboxylic acids is 1. The summed E-state index contributed by atoms with van der Waals surface area (Å²) in [7, 11) is 0. The molecule has 0 saturated heterocycles. The maximum Gasteiger partial charge on any atom is 0.303 e. The second-order valence-corrected chi connectivity index (χ2v) is 8.11. The third-order valence-electron chi connectivity index (χ3n) is 5.91. The first-order valence-corrected chi connectivity index (χ1v) is 10.4. The van der Waals surface area contributed by atoms with Crippen LogP contribution in [0.3, 0.4) is 0 Å². The molecular formula is C22H34O5. The van der Waals surface area contributed by atoms with Gasteiger partial charge in [0.25, 0.3) is 0 Å². The Hall–Kier alpha value is -1.46. The Balaban J connectivity index is 1.81. The van der Waals surface area contributed by atoms with Crippen molar-refractivity contribution < 1.29 is 24.9 Å². The zero-order valence-electron chi connectivity index (χ0n) is 16.1. The lowest BCUT2D eigenvalue weighted by atomic mass is 9.85. The van der Waals surface area contributed by atoms with Crippen LogP contribution in [0.2, 0.25) is 0 Å². The third kappa shape index (κ3) is 7.59. The first kappa shape index (κ1) is 21.8. The number of aliphatic carboxylic acids is 1. The molecule has 5 heteroatoms. The number of aliphatic hydroxyl groups excluding tert-OH is 2. The molecule has 0 aromatic carbocycles. The molecule has 0 amide bonds. The fraction of sp³-hybridized carbons (Fsp3) is 0.727. The van der Waals surface area contributed by atoms with Crippen LogP contribution >= 0.6 is 0 Å². The molecular weight excluding hydrogens is 344 g/mol. The van der Waals surface area contributed by atoms with Crippen LogP contribution in [0.5, 0.6) is 0 Å². The Kier molecular flexibility index (Phi) is 9.22. The lowest BCUT2D eigenvalue weighted by molar-refractivity contribution is -0.137. The van der Waals surface area contributed by atoms with Crippen molar-refractivity contribution in [2.24, 2.45) is 17.8 Å². The van der Waals surface area contributed by atoms with Crippen molar-refractivity contribution in [3.8, 4) is 0 Å². The van der Waals surface area contributed by atoms with Crippen molar-refractivity contribution in [3.63, 3.8) is 0 Å². The summed E-state index contributed by atoms with van der Waals surface area (Å²) in [5, 5.41) is 29.1. The van der Waals surface area contributed by atoms with Gasteiger partial charge in [0, 0.05) is 24.7 Å². The summed E-state index contributed by atoms with van der Waals surface area (Å²) >= 11 is 0. The van der Waals surface area contributed by atoms with Gasteiger partial charge in [-0.15, -0.1) is 0 Å². The van der Waals surface area contributed by atoms with Gasteiger partial charge >= 0.3 is 5.97 Å². The number of rotatable bonds is 10. The number of Topliss-reactive ketones (excluding diaryl/α,β-unsaturated/α-hetero) is 1. The molecule has 2 aliphatic rings. The van der Waals surface area contributed by atoms with Crippen LogP contribution in [-0.2, 0) is 9.59 Å². The van der Waals surface area contributed by atoms with E-state index in [9.17, 15) is 19.8 Å². The fourth-order valence-corrected chi connectivity index (χ4v) is 4.36. The molecule has 152 valence electrons. The minimum absolute atomic E-state index is 0.0640. The van der Waals surface area contributed by atoms with E-state index in [4.69, 9.17) is 5.11 Å². The van der Waals surface area contributed by atoms with Gasteiger partial charge in [-0.2, -0.15) is 0 Å². The molecule has 0 bridgehead atoms. The summed E-state index contributed by atoms with van der Waals surface area (Å²) in [5.74, 6) is -0.655. The molecule has 0 aromatic heterocycles. The second-order valence-electron chi connectivity index (χ2n) is 8.11. The summed E-state index contributed by atoms with van der Waals surface area (Å²) < 4.78 is 0. The Morgan fingerprint density at radius 3 is 2.63 bits per heavy atom. The maximum absolute atomic E-state index is 12.2. The van der Waals surface area contributed by atoms with Crippen molar-refractivity contribution in [2.75, 3.05) is 0 Å². The van der Waals surface area contributed by atoms with Crippen LogP contribution < -0.4 is 0 Å². The molecule has 27 heavy (non-hydrogen) atoms. The number of aliphatic hydroxyl groups is 2. The van der Waals surface area contributed by atoms with Crippen LogP contribution in [0.15, 0.2) is 24.3 Å². The van der Waals surface area contributed by atoms with E-state index in [1.807, 2.05) is 18.2 Å². The molecule has 0 radical (unpaired) electrons. The number of carboxylic acid groups (broad SMARTS) is 1. The molecule has 2 rings (SSSR count). The molecule has 2 fully saturated rings. The predicted molar refractivity (Wildman–Crippen MR) is 104 cm³/mol. The van der Waals surface area contributed by atoms with Crippen molar-refractivity contribution in [2.45, 2.75) is 82.8 Å². The standard InChI is InChI=1S/C22H34O5/c23-17(14-16-8-4-3-5-9-16)12-13-19-18(20(24)15-21(19)25)10-6-1-2-7-11-22(26)27/h1,6,12-13,16-19,21,23,25H,2-5,7-11,14-15H2,(H,26,27)/b6-1-,13-12+/t17?,18-,19+,21?/m0/s1. The highest BCUT2D eigenvalue weighted by Gasteiger charge is 2.39. The first-order chi connectivity index (χ1) is 13.0. The molecule has 0 aliphatic heterocycles. The molecule has 0 heterocycles. The van der Waals surface area contributed by atoms with Gasteiger partial charge in [-0.1, -0.05) is 56.4 Å². The van der Waals surface area contributed by atoms with Gasteiger partial charge in [0.1, 0.15) is 5.78 Å². The highest BCUT2D eigenvalue weighted by atomic mass is 16.4. The largest absolute Gasteiger partial charge is 0.481 e. The summed E-state index contributed by atoms with van der Waals surface area (Å²) in [5.41, 5.74) is 0. The van der Waals surface area contributed by atoms with E-state index in [0.717, 1.165) is 6.42 Å². The van der Waals surface area contributed by atoms with Gasteiger partial charge in [0.15, 0.2) is 0 Å². The number of hydrogen-bond donors (Lipinski definition) is 3. The average Bonchev–Trinajstić information content (AvgIpc) is 2.89. The normalized spacial score (nSPS) is 28.4. The van der Waals surface area contributed by atoms with E-state index >= 15 is 0 Å². The third-order valence-corrected chi connectivity index (χ3v) is 5.91. The first-order valence-electron chi connectivity index (χ1n) is 10.4. The van der Waals surface area contributed by atoms with Crippen LogP contribution in [-0.4, -0.2) is 39.3 Å². The fourth-order valence-electron chi connectivity index (χ4n) is 4.36. The molecule has 4 atom stereocenters. The zero-order chi connectivity index (χ0) is 19.6. The minimum Gasteiger partial charge on any atom is -0.481 e. The monoisotopic (exact) mass is 378 g/mol. The SMILES string of the molecule is O=C(O)CCC/C=C\C[C@@H]1C(=O)CC(O)[C@@H]1/C=C/C(O)CC1CCCCC1. The number of carbonyl (C=O) groups excluding carboxylic acids is 1. The molecule has 2 aliphatic carbocycles. The Morgan fingerprint density at radius 2 is 1.93 bits per heavy atom. The van der Waals surface area contributed by atoms with E-state index in [0.29, 0.717) is 25.2 Å². The van der Waals surface area contributed by atoms with Gasteiger partial charge < -0.3 is 15.3 Å². The molecule has 0 aromatic rings. The maximum atomic E-state index is 12.2. The van der Waals surface area contributed by atoms with Gasteiger partial charge in [-0.05, 0) is 31.6 Å². The Morgan fingerprint density at radius 1 is 1.19 bits per heavy atom.